The molecule has 0 saturated heterocycles. The first-order valence-electron chi connectivity index (χ1n) is 39.8. The Morgan fingerprint density at radius 2 is 0.540 bits per heavy atom. The maximum atomic E-state index is 13.1. The quantitative estimate of drug-likeness (QED) is 0.0169. The van der Waals surface area contributed by atoms with Crippen LogP contribution in [0.2, 0.25) is 0 Å². The summed E-state index contributed by atoms with van der Waals surface area (Å²) in [5.41, 5.74) is 0. The van der Waals surface area contributed by atoms with Crippen LogP contribution >= 0.6 is 15.6 Å². The van der Waals surface area contributed by atoms with E-state index >= 15 is 0 Å². The number of carbonyl (C=O) groups excluding carboxylic acids is 4. The number of aliphatic hydroxyl groups is 1. The molecule has 0 aromatic heterocycles. The molecular formula is C81H144O17P2. The van der Waals surface area contributed by atoms with Gasteiger partial charge in [0, 0.05) is 25.7 Å². The molecule has 0 rings (SSSR count). The summed E-state index contributed by atoms with van der Waals surface area (Å²) >= 11 is 0. The lowest BCUT2D eigenvalue weighted by Gasteiger charge is -2.21. The molecule has 0 fully saturated rings. The molecular weight excluding hydrogens is 1310 g/mol. The first-order valence-corrected chi connectivity index (χ1v) is 42.8. The van der Waals surface area contributed by atoms with Gasteiger partial charge >= 0.3 is 39.5 Å². The first-order chi connectivity index (χ1) is 48.7. The molecule has 0 radical (unpaired) electrons. The second-order valence-electron chi connectivity index (χ2n) is 26.6. The lowest BCUT2D eigenvalue weighted by Crippen LogP contribution is -2.30. The minimum Gasteiger partial charge on any atom is -0.462 e. The van der Waals surface area contributed by atoms with Crippen molar-refractivity contribution in [1.82, 2.24) is 0 Å². The van der Waals surface area contributed by atoms with E-state index in [4.69, 9.17) is 37.0 Å². The lowest BCUT2D eigenvalue weighted by molar-refractivity contribution is -0.161. The third kappa shape index (κ3) is 72.6. The number of phosphoric acid groups is 2. The van der Waals surface area contributed by atoms with E-state index < -0.39 is 97.5 Å². The van der Waals surface area contributed by atoms with Crippen LogP contribution in [0.25, 0.3) is 0 Å². The molecule has 100 heavy (non-hydrogen) atoms. The second-order valence-corrected chi connectivity index (χ2v) is 29.5. The van der Waals surface area contributed by atoms with Crippen LogP contribution in [0.3, 0.4) is 0 Å². The molecule has 0 aliphatic heterocycles. The van der Waals surface area contributed by atoms with E-state index in [-0.39, 0.29) is 25.7 Å². The molecule has 0 aliphatic rings. The Morgan fingerprint density at radius 1 is 0.290 bits per heavy atom. The van der Waals surface area contributed by atoms with Gasteiger partial charge in [-0.3, -0.25) is 37.3 Å². The molecule has 0 heterocycles. The maximum absolute atomic E-state index is 13.1. The Labute approximate surface area is 608 Å². The van der Waals surface area contributed by atoms with Crippen LogP contribution < -0.4 is 0 Å². The van der Waals surface area contributed by atoms with Crippen LogP contribution in [0.4, 0.5) is 0 Å². The van der Waals surface area contributed by atoms with Gasteiger partial charge < -0.3 is 33.8 Å². The third-order valence-electron chi connectivity index (χ3n) is 16.9. The van der Waals surface area contributed by atoms with Crippen LogP contribution in [0.1, 0.15) is 349 Å². The Bertz CT molecular complexity index is 2230. The minimum atomic E-state index is -4.99. The second kappa shape index (κ2) is 73.5. The van der Waals surface area contributed by atoms with Crippen LogP contribution in [0.15, 0.2) is 85.1 Å². The molecule has 0 aromatic carbocycles. The highest BCUT2D eigenvalue weighted by Gasteiger charge is 2.30. The number of rotatable bonds is 75. The topological polar surface area (TPSA) is 237 Å². The van der Waals surface area contributed by atoms with Crippen LogP contribution in [-0.4, -0.2) is 96.7 Å². The molecule has 0 amide bonds. The average Bonchev–Trinajstić information content (AvgIpc) is 0.934. The highest BCUT2D eigenvalue weighted by atomic mass is 31.2. The van der Waals surface area contributed by atoms with Gasteiger partial charge in [0.25, 0.3) is 0 Å². The minimum absolute atomic E-state index is 0.0291. The Kier molecular flexibility index (Phi) is 70.8. The zero-order valence-corrected chi connectivity index (χ0v) is 65.2. The van der Waals surface area contributed by atoms with Gasteiger partial charge in [0.1, 0.15) is 19.3 Å². The normalized spacial score (nSPS) is 14.3. The summed E-state index contributed by atoms with van der Waals surface area (Å²) in [6, 6.07) is 0. The van der Waals surface area contributed by atoms with E-state index in [0.717, 1.165) is 116 Å². The van der Waals surface area contributed by atoms with Gasteiger partial charge in [0.05, 0.1) is 26.4 Å². The molecule has 580 valence electrons. The fraction of sp³-hybridized carbons (Fsp3) is 0.778. The van der Waals surface area contributed by atoms with Gasteiger partial charge in [-0.2, -0.15) is 0 Å². The largest absolute Gasteiger partial charge is 0.472 e. The van der Waals surface area contributed by atoms with Crippen LogP contribution in [-0.2, 0) is 65.4 Å². The Morgan fingerprint density at radius 3 is 0.870 bits per heavy atom. The SMILES string of the molecule is CC/C=C\C/C=C\C/C=C\C/C=C\C/C=C\C/C=C\CCC(=O)O[C@H](COC(=O)CCCCCCCCC/C=C\CCCCCC)COP(=O)(O)OC[C@@H](O)COP(=O)(O)OC[C@@H](COC(=O)CCCCCCCCCCCCCCC)OC(=O)CCCCCCCCCCCCCCC. The first kappa shape index (κ1) is 96.2. The van der Waals surface area contributed by atoms with Gasteiger partial charge in [-0.1, -0.05) is 318 Å². The standard InChI is InChI=1S/C81H144O17P2/c1-5-9-13-17-21-25-29-33-35-36-37-38-40-44-48-52-56-60-64-68-81(86)98-77(72-92-79(84)66-62-58-54-50-46-43-39-34-30-26-22-18-14-10-6-2)74-96-100(89,90)94-70-75(82)69-93-99(87,88)95-73-76(97-80(85)67-63-59-55-51-47-42-32-28-24-20-16-12-8-4)71-91-78(83)65-61-57-53-49-45-41-31-27-23-19-15-11-7-3/h9,13,21,25-26,30,33,35,37-38,44,48,56,60,75-77,82H,5-8,10-12,14-20,22-24,27-29,31-32,34,36,39-43,45-47,49-55,57-59,61-74H2,1-4H3,(H,87,88)(H,89,90)/b13-9-,25-21-,30-26-,35-33-,38-37-,48-44-,60-56-/t75-,76+,77+/m0/s1. The van der Waals surface area contributed by atoms with Crippen LogP contribution in [0.5, 0.6) is 0 Å². The summed E-state index contributed by atoms with van der Waals surface area (Å²) in [4.78, 5) is 72.9. The zero-order valence-electron chi connectivity index (χ0n) is 63.4. The number of unbranched alkanes of at least 4 members (excludes halogenated alkanes) is 35. The Hall–Kier alpha value is -3.76. The number of ether oxygens (including phenoxy) is 4. The molecule has 0 saturated carbocycles. The Balaban J connectivity index is 5.40. The molecule has 0 aromatic rings. The van der Waals surface area contributed by atoms with Crippen molar-refractivity contribution >= 4 is 39.5 Å². The van der Waals surface area contributed by atoms with Gasteiger partial charge in [-0.25, -0.2) is 9.13 Å². The fourth-order valence-corrected chi connectivity index (χ4v) is 12.4. The smallest absolute Gasteiger partial charge is 0.462 e. The van der Waals surface area contributed by atoms with E-state index in [1.54, 1.807) is 0 Å². The van der Waals surface area contributed by atoms with Gasteiger partial charge in [-0.05, 0) is 89.9 Å². The highest BCUT2D eigenvalue weighted by Crippen LogP contribution is 2.45. The average molecular weight is 1450 g/mol. The summed E-state index contributed by atoms with van der Waals surface area (Å²) in [5, 5.41) is 10.6. The van der Waals surface area contributed by atoms with E-state index in [9.17, 15) is 43.2 Å². The summed E-state index contributed by atoms with van der Waals surface area (Å²) in [6.07, 6.45) is 75.8. The number of allylic oxidation sites excluding steroid dienone is 14. The van der Waals surface area contributed by atoms with Crippen molar-refractivity contribution in [3.05, 3.63) is 85.1 Å². The summed E-state index contributed by atoms with van der Waals surface area (Å²) < 4.78 is 68.5. The van der Waals surface area contributed by atoms with Gasteiger partial charge in [0.2, 0.25) is 0 Å². The zero-order chi connectivity index (χ0) is 73.2. The number of hydrogen-bond donors (Lipinski definition) is 3. The third-order valence-corrected chi connectivity index (χ3v) is 18.8. The van der Waals surface area contributed by atoms with E-state index in [1.165, 1.54) is 148 Å². The van der Waals surface area contributed by atoms with Crippen molar-refractivity contribution in [1.29, 1.82) is 0 Å². The molecule has 0 aliphatic carbocycles. The molecule has 2 unspecified atom stereocenters. The number of hydrogen-bond acceptors (Lipinski definition) is 15. The van der Waals surface area contributed by atoms with Gasteiger partial charge in [-0.15, -0.1) is 0 Å². The fourth-order valence-electron chi connectivity index (χ4n) is 10.8. The maximum Gasteiger partial charge on any atom is 0.472 e. The molecule has 17 nitrogen and oxygen atoms in total. The van der Waals surface area contributed by atoms with Crippen molar-refractivity contribution in [2.75, 3.05) is 39.6 Å². The number of esters is 4. The monoisotopic (exact) mass is 1450 g/mol. The summed E-state index contributed by atoms with van der Waals surface area (Å²) in [6.45, 7) is 4.71. The van der Waals surface area contributed by atoms with E-state index in [2.05, 4.69) is 94.5 Å². The van der Waals surface area contributed by atoms with Crippen LogP contribution in [0, 0.1) is 0 Å². The van der Waals surface area contributed by atoms with E-state index in [1.807, 2.05) is 18.2 Å². The van der Waals surface area contributed by atoms with Crippen molar-refractivity contribution in [2.45, 2.75) is 367 Å². The molecule has 5 atom stereocenters. The highest BCUT2D eigenvalue weighted by molar-refractivity contribution is 7.47. The summed E-state index contributed by atoms with van der Waals surface area (Å²) in [7, 11) is -9.96. The molecule has 3 N–H and O–H groups in total. The van der Waals surface area contributed by atoms with E-state index in [0.29, 0.717) is 32.1 Å². The predicted molar refractivity (Wildman–Crippen MR) is 409 cm³/mol. The van der Waals surface area contributed by atoms with Crippen molar-refractivity contribution in [3.8, 4) is 0 Å². The number of carbonyl (C=O) groups is 4. The van der Waals surface area contributed by atoms with Crippen molar-refractivity contribution in [3.63, 3.8) is 0 Å². The van der Waals surface area contributed by atoms with Crippen molar-refractivity contribution < 1.29 is 80.2 Å². The van der Waals surface area contributed by atoms with Gasteiger partial charge in [0.15, 0.2) is 12.2 Å². The number of aliphatic hydroxyl groups excluding tert-OH is 1. The van der Waals surface area contributed by atoms with Crippen molar-refractivity contribution in [2.24, 2.45) is 0 Å². The molecule has 0 spiro atoms. The summed E-state index contributed by atoms with van der Waals surface area (Å²) in [5.74, 6) is -2.25. The lowest BCUT2D eigenvalue weighted by atomic mass is 10.0. The molecule has 0 bridgehead atoms. The molecule has 19 heteroatoms. The number of phosphoric ester groups is 2. The predicted octanol–water partition coefficient (Wildman–Crippen LogP) is 23.0.